The standard InChI is InChI=1S/C17H16N2O2S/c1-11(20)8-9-19-10-18-16-15(17(19)21)14(12(2)22-16)13-6-4-3-5-7-13/h3-7,10H,8-9H2,1-2H3. The van der Waals surface area contributed by atoms with Gasteiger partial charge in [-0.25, -0.2) is 4.98 Å². The highest BCUT2D eigenvalue weighted by atomic mass is 32.1. The van der Waals surface area contributed by atoms with Crippen molar-refractivity contribution in [3.05, 3.63) is 51.9 Å². The predicted octanol–water partition coefficient (Wildman–Crippen LogP) is 3.41. The highest BCUT2D eigenvalue weighted by molar-refractivity contribution is 7.19. The summed E-state index contributed by atoms with van der Waals surface area (Å²) in [4.78, 5) is 30.1. The van der Waals surface area contributed by atoms with Crippen molar-refractivity contribution in [2.24, 2.45) is 0 Å². The monoisotopic (exact) mass is 312 g/mol. The largest absolute Gasteiger partial charge is 0.300 e. The Hall–Kier alpha value is -2.27. The molecule has 0 N–H and O–H groups in total. The van der Waals surface area contributed by atoms with Crippen molar-refractivity contribution in [3.8, 4) is 11.1 Å². The first-order chi connectivity index (χ1) is 10.6. The van der Waals surface area contributed by atoms with Gasteiger partial charge in [-0.1, -0.05) is 30.3 Å². The number of hydrogen-bond donors (Lipinski definition) is 0. The van der Waals surface area contributed by atoms with E-state index < -0.39 is 0 Å². The zero-order chi connectivity index (χ0) is 15.7. The maximum absolute atomic E-state index is 12.8. The number of benzene rings is 1. The van der Waals surface area contributed by atoms with Crippen LogP contribution >= 0.6 is 11.3 Å². The maximum Gasteiger partial charge on any atom is 0.262 e. The molecule has 0 spiro atoms. The molecule has 4 nitrogen and oxygen atoms in total. The van der Waals surface area contributed by atoms with Gasteiger partial charge in [0.25, 0.3) is 5.56 Å². The van der Waals surface area contributed by atoms with E-state index in [0.29, 0.717) is 18.4 Å². The van der Waals surface area contributed by atoms with Crippen molar-refractivity contribution in [2.75, 3.05) is 0 Å². The van der Waals surface area contributed by atoms with E-state index >= 15 is 0 Å². The molecule has 0 aliphatic heterocycles. The summed E-state index contributed by atoms with van der Waals surface area (Å²) >= 11 is 1.53. The van der Waals surface area contributed by atoms with Gasteiger partial charge in [-0.15, -0.1) is 11.3 Å². The number of fused-ring (bicyclic) bond motifs is 1. The van der Waals surface area contributed by atoms with Gasteiger partial charge in [0, 0.05) is 23.4 Å². The van der Waals surface area contributed by atoms with E-state index in [9.17, 15) is 9.59 Å². The number of rotatable bonds is 4. The molecule has 1 aromatic carbocycles. The molecule has 0 saturated heterocycles. The molecule has 112 valence electrons. The number of thiophene rings is 1. The quantitative estimate of drug-likeness (QED) is 0.742. The van der Waals surface area contributed by atoms with Crippen LogP contribution < -0.4 is 5.56 Å². The summed E-state index contributed by atoms with van der Waals surface area (Å²) in [6.07, 6.45) is 1.88. The normalized spacial score (nSPS) is 11.0. The third-order valence-electron chi connectivity index (χ3n) is 3.62. The Bertz CT molecular complexity index is 894. The average Bonchev–Trinajstić information content (AvgIpc) is 2.84. The Kier molecular flexibility index (Phi) is 3.90. The van der Waals surface area contributed by atoms with Crippen LogP contribution in [-0.4, -0.2) is 15.3 Å². The summed E-state index contributed by atoms with van der Waals surface area (Å²) in [6.45, 7) is 3.91. The van der Waals surface area contributed by atoms with Crippen LogP contribution in [0.1, 0.15) is 18.2 Å². The molecule has 0 amide bonds. The lowest BCUT2D eigenvalue weighted by molar-refractivity contribution is -0.117. The predicted molar refractivity (Wildman–Crippen MR) is 89.4 cm³/mol. The number of nitrogens with zero attached hydrogens (tertiary/aromatic N) is 2. The molecule has 0 saturated carbocycles. The summed E-state index contributed by atoms with van der Waals surface area (Å²) in [6, 6.07) is 9.88. The second-order valence-corrected chi connectivity index (χ2v) is 6.48. The summed E-state index contributed by atoms with van der Waals surface area (Å²) in [5.41, 5.74) is 1.90. The number of aryl methyl sites for hydroxylation is 2. The first-order valence-electron chi connectivity index (χ1n) is 7.11. The number of carbonyl (C=O) groups excluding carboxylic acids is 1. The van der Waals surface area contributed by atoms with Crippen LogP contribution in [0.15, 0.2) is 41.5 Å². The lowest BCUT2D eigenvalue weighted by atomic mass is 10.0. The lowest BCUT2D eigenvalue weighted by Gasteiger charge is -2.05. The number of Topliss-reactive ketones (excluding diaryl/α,β-unsaturated/α-hetero) is 1. The van der Waals surface area contributed by atoms with E-state index in [4.69, 9.17) is 0 Å². The highest BCUT2D eigenvalue weighted by Gasteiger charge is 2.16. The van der Waals surface area contributed by atoms with Gasteiger partial charge in [0.15, 0.2) is 0 Å². The fourth-order valence-corrected chi connectivity index (χ4v) is 3.53. The molecular formula is C17H16N2O2S. The molecule has 2 aromatic heterocycles. The second-order valence-electron chi connectivity index (χ2n) is 5.27. The van der Waals surface area contributed by atoms with Gasteiger partial charge in [-0.2, -0.15) is 0 Å². The van der Waals surface area contributed by atoms with Crippen molar-refractivity contribution in [3.63, 3.8) is 0 Å². The van der Waals surface area contributed by atoms with E-state index in [0.717, 1.165) is 20.8 Å². The minimum atomic E-state index is -0.0746. The average molecular weight is 312 g/mol. The number of carbonyl (C=O) groups is 1. The van der Waals surface area contributed by atoms with E-state index in [1.807, 2.05) is 37.3 Å². The number of ketones is 1. The van der Waals surface area contributed by atoms with Crippen molar-refractivity contribution >= 4 is 27.3 Å². The van der Waals surface area contributed by atoms with Crippen LogP contribution in [0.25, 0.3) is 21.3 Å². The van der Waals surface area contributed by atoms with Gasteiger partial charge in [0.05, 0.1) is 11.7 Å². The fraction of sp³-hybridized carbons (Fsp3) is 0.235. The summed E-state index contributed by atoms with van der Waals surface area (Å²) in [5, 5.41) is 0.653. The second kappa shape index (κ2) is 5.85. The maximum atomic E-state index is 12.8. The smallest absolute Gasteiger partial charge is 0.262 e. The first-order valence-corrected chi connectivity index (χ1v) is 7.93. The molecule has 0 unspecified atom stereocenters. The van der Waals surface area contributed by atoms with Crippen LogP contribution in [0.2, 0.25) is 0 Å². The van der Waals surface area contributed by atoms with E-state index in [1.165, 1.54) is 22.8 Å². The van der Waals surface area contributed by atoms with Crippen molar-refractivity contribution < 1.29 is 4.79 Å². The number of hydrogen-bond acceptors (Lipinski definition) is 4. The molecule has 0 aliphatic carbocycles. The van der Waals surface area contributed by atoms with Crippen molar-refractivity contribution in [1.82, 2.24) is 9.55 Å². The van der Waals surface area contributed by atoms with E-state index in [2.05, 4.69) is 4.98 Å². The minimum Gasteiger partial charge on any atom is -0.300 e. The van der Waals surface area contributed by atoms with Crippen LogP contribution in [0.4, 0.5) is 0 Å². The SMILES string of the molecule is CC(=O)CCn1cnc2sc(C)c(-c3ccccc3)c2c1=O. The Morgan fingerprint density at radius 2 is 2.00 bits per heavy atom. The van der Waals surface area contributed by atoms with Gasteiger partial charge in [0.2, 0.25) is 0 Å². The molecule has 0 fully saturated rings. The molecule has 0 aliphatic rings. The molecule has 0 bridgehead atoms. The Morgan fingerprint density at radius 1 is 1.27 bits per heavy atom. The van der Waals surface area contributed by atoms with Gasteiger partial charge >= 0.3 is 0 Å². The third-order valence-corrected chi connectivity index (χ3v) is 4.64. The van der Waals surface area contributed by atoms with Crippen LogP contribution in [-0.2, 0) is 11.3 Å². The Labute approximate surface area is 132 Å². The molecule has 2 heterocycles. The molecule has 22 heavy (non-hydrogen) atoms. The van der Waals surface area contributed by atoms with Gasteiger partial charge in [-0.05, 0) is 19.4 Å². The first kappa shape index (κ1) is 14.7. The topological polar surface area (TPSA) is 52.0 Å². The van der Waals surface area contributed by atoms with Crippen molar-refractivity contribution in [1.29, 1.82) is 0 Å². The van der Waals surface area contributed by atoms with Crippen LogP contribution in [0.3, 0.4) is 0 Å². The zero-order valence-electron chi connectivity index (χ0n) is 12.5. The van der Waals surface area contributed by atoms with Crippen LogP contribution in [0, 0.1) is 6.92 Å². The summed E-state index contributed by atoms with van der Waals surface area (Å²) in [7, 11) is 0. The van der Waals surface area contributed by atoms with Gasteiger partial charge in [0.1, 0.15) is 10.6 Å². The number of aromatic nitrogens is 2. The molecule has 0 radical (unpaired) electrons. The Balaban J connectivity index is 2.21. The van der Waals surface area contributed by atoms with E-state index in [1.54, 1.807) is 6.33 Å². The van der Waals surface area contributed by atoms with Crippen molar-refractivity contribution in [2.45, 2.75) is 26.8 Å². The van der Waals surface area contributed by atoms with Gasteiger partial charge in [-0.3, -0.25) is 14.2 Å². The Morgan fingerprint density at radius 3 is 2.68 bits per heavy atom. The molecule has 3 aromatic rings. The van der Waals surface area contributed by atoms with Crippen LogP contribution in [0.5, 0.6) is 0 Å². The van der Waals surface area contributed by atoms with Gasteiger partial charge < -0.3 is 0 Å². The third kappa shape index (κ3) is 2.60. The summed E-state index contributed by atoms with van der Waals surface area (Å²) < 4.78 is 1.53. The molecule has 3 rings (SSSR count). The van der Waals surface area contributed by atoms with E-state index in [-0.39, 0.29) is 11.3 Å². The summed E-state index contributed by atoms with van der Waals surface area (Å²) in [5.74, 6) is 0.0665. The molecular weight excluding hydrogens is 296 g/mol. The highest BCUT2D eigenvalue weighted by Crippen LogP contribution is 2.35. The molecule has 5 heteroatoms. The lowest BCUT2D eigenvalue weighted by Crippen LogP contribution is -2.21. The fourth-order valence-electron chi connectivity index (χ4n) is 2.53. The zero-order valence-corrected chi connectivity index (χ0v) is 13.3. The minimum absolute atomic E-state index is 0.0665. The molecule has 0 atom stereocenters.